The van der Waals surface area contributed by atoms with E-state index in [9.17, 15) is 9.59 Å². The van der Waals surface area contributed by atoms with Gasteiger partial charge in [-0.25, -0.2) is 4.79 Å². The lowest BCUT2D eigenvalue weighted by Crippen LogP contribution is -2.32. The second-order valence-corrected chi connectivity index (χ2v) is 9.07. The first-order chi connectivity index (χ1) is 15.1. The van der Waals surface area contributed by atoms with Crippen molar-refractivity contribution in [2.24, 2.45) is 11.3 Å². The summed E-state index contributed by atoms with van der Waals surface area (Å²) in [6, 6.07) is 10.1. The minimum Gasteiger partial charge on any atom is -0.478 e. The molecule has 0 radical (unpaired) electrons. The van der Waals surface area contributed by atoms with Crippen LogP contribution in [0.2, 0.25) is 0 Å². The Kier molecular flexibility index (Phi) is 8.95. The number of rotatable bonds is 8. The third kappa shape index (κ3) is 7.49. The summed E-state index contributed by atoms with van der Waals surface area (Å²) in [5.74, 6) is -0.712. The molecule has 0 spiro atoms. The Morgan fingerprint density at radius 2 is 1.78 bits per heavy atom. The van der Waals surface area contributed by atoms with Crippen LogP contribution < -0.4 is 0 Å². The number of benzene rings is 1. The Morgan fingerprint density at radius 3 is 2.44 bits per heavy atom. The molecule has 1 aliphatic carbocycles. The summed E-state index contributed by atoms with van der Waals surface area (Å²) in [6.45, 7) is 10.1. The van der Waals surface area contributed by atoms with Crippen molar-refractivity contribution in [3.05, 3.63) is 101 Å². The topological polar surface area (TPSA) is 54.4 Å². The van der Waals surface area contributed by atoms with Crippen LogP contribution in [0, 0.1) is 11.3 Å². The van der Waals surface area contributed by atoms with Crippen LogP contribution in [-0.2, 0) is 9.59 Å². The number of hydrogen-bond donors (Lipinski definition) is 1. The zero-order chi connectivity index (χ0) is 23.7. The summed E-state index contributed by atoms with van der Waals surface area (Å²) in [4.78, 5) is 23.7. The zero-order valence-electron chi connectivity index (χ0n) is 19.8. The zero-order valence-corrected chi connectivity index (χ0v) is 19.8. The second kappa shape index (κ2) is 11.4. The Hall–Kier alpha value is -3.20. The van der Waals surface area contributed by atoms with Gasteiger partial charge in [-0.2, -0.15) is 0 Å². The van der Waals surface area contributed by atoms with Crippen LogP contribution in [0.25, 0.3) is 6.08 Å². The van der Waals surface area contributed by atoms with Crippen molar-refractivity contribution in [3.8, 4) is 0 Å². The number of carbonyl (C=O) groups is 2. The predicted molar refractivity (Wildman–Crippen MR) is 133 cm³/mol. The highest BCUT2D eigenvalue weighted by molar-refractivity contribution is 5.99. The molecule has 3 nitrogen and oxygen atoms in total. The summed E-state index contributed by atoms with van der Waals surface area (Å²) in [5.41, 5.74) is 4.70. The molecule has 0 amide bonds. The first-order valence-corrected chi connectivity index (χ1v) is 11.0. The maximum Gasteiger partial charge on any atom is 0.328 e. The highest BCUT2D eigenvalue weighted by Crippen LogP contribution is 2.43. The molecule has 0 heterocycles. The summed E-state index contributed by atoms with van der Waals surface area (Å²) in [6.07, 6.45) is 16.5. The molecule has 1 N–H and O–H groups in total. The summed E-state index contributed by atoms with van der Waals surface area (Å²) in [5, 5.41) is 8.76. The summed E-state index contributed by atoms with van der Waals surface area (Å²) >= 11 is 0. The number of Topliss-reactive ketones (excluding diaryl/α,β-unsaturated/α-hetero) is 1. The maximum atomic E-state index is 13.0. The van der Waals surface area contributed by atoms with E-state index in [0.717, 1.165) is 35.1 Å². The molecular formula is C29H34O3. The molecule has 0 aromatic heterocycles. The third-order valence-electron chi connectivity index (χ3n) is 5.74. The Balaban J connectivity index is 2.12. The van der Waals surface area contributed by atoms with Gasteiger partial charge in [0.2, 0.25) is 0 Å². The van der Waals surface area contributed by atoms with Gasteiger partial charge < -0.3 is 5.11 Å². The molecule has 32 heavy (non-hydrogen) atoms. The van der Waals surface area contributed by atoms with Crippen LogP contribution in [0.1, 0.15) is 53.0 Å². The van der Waals surface area contributed by atoms with Crippen LogP contribution in [-0.4, -0.2) is 16.9 Å². The van der Waals surface area contributed by atoms with Crippen LogP contribution >= 0.6 is 0 Å². The number of aliphatic carboxylic acids is 1. The molecule has 1 aliphatic rings. The number of allylic oxidation sites excluding steroid dienone is 10. The van der Waals surface area contributed by atoms with Crippen molar-refractivity contribution < 1.29 is 14.7 Å². The van der Waals surface area contributed by atoms with Gasteiger partial charge in [-0.3, -0.25) is 4.79 Å². The van der Waals surface area contributed by atoms with E-state index < -0.39 is 5.97 Å². The fourth-order valence-electron chi connectivity index (χ4n) is 4.10. The minimum atomic E-state index is -0.951. The number of ketones is 1. The van der Waals surface area contributed by atoms with Gasteiger partial charge in [0.15, 0.2) is 5.78 Å². The molecule has 0 bridgehead atoms. The fourth-order valence-corrected chi connectivity index (χ4v) is 4.10. The first-order valence-electron chi connectivity index (χ1n) is 11.0. The van der Waals surface area contributed by atoms with E-state index in [1.54, 1.807) is 13.0 Å². The smallest absolute Gasteiger partial charge is 0.328 e. The number of carboxylic acid groups (broad SMARTS) is 1. The Labute approximate surface area is 192 Å². The lowest BCUT2D eigenvalue weighted by atomic mass is 9.67. The largest absolute Gasteiger partial charge is 0.478 e. The van der Waals surface area contributed by atoms with Crippen LogP contribution in [0.5, 0.6) is 0 Å². The maximum absolute atomic E-state index is 13.0. The highest BCUT2D eigenvalue weighted by atomic mass is 16.4. The quantitative estimate of drug-likeness (QED) is 0.353. The third-order valence-corrected chi connectivity index (χ3v) is 5.74. The molecule has 168 valence electrons. The van der Waals surface area contributed by atoms with E-state index in [-0.39, 0.29) is 17.1 Å². The Morgan fingerprint density at radius 1 is 1.09 bits per heavy atom. The van der Waals surface area contributed by atoms with Crippen LogP contribution in [0.15, 0.2) is 95.2 Å². The molecule has 1 aromatic rings. The highest BCUT2D eigenvalue weighted by Gasteiger charge is 2.36. The molecule has 1 atom stereocenters. The van der Waals surface area contributed by atoms with Gasteiger partial charge in [0.25, 0.3) is 0 Å². The van der Waals surface area contributed by atoms with Crippen molar-refractivity contribution in [2.45, 2.75) is 47.5 Å². The van der Waals surface area contributed by atoms with Gasteiger partial charge in [-0.05, 0) is 61.3 Å². The SMILES string of the molecule is CC(C=CC1=C(C)C(=O)C(CC=Cc2ccccc2)CC1(C)C)=CC=CC(C)=CC(=O)O. The van der Waals surface area contributed by atoms with Crippen molar-refractivity contribution in [1.82, 2.24) is 0 Å². The molecule has 1 aromatic carbocycles. The number of carboxylic acids is 1. The normalized spacial score (nSPS) is 20.2. The van der Waals surface area contributed by atoms with Gasteiger partial charge in [0.05, 0.1) is 0 Å². The van der Waals surface area contributed by atoms with Crippen LogP contribution in [0.4, 0.5) is 0 Å². The molecule has 0 saturated heterocycles. The van der Waals surface area contributed by atoms with Gasteiger partial charge in [0, 0.05) is 12.0 Å². The second-order valence-electron chi connectivity index (χ2n) is 9.07. The average molecular weight is 431 g/mol. The van der Waals surface area contributed by atoms with E-state index in [2.05, 4.69) is 44.2 Å². The lowest BCUT2D eigenvalue weighted by Gasteiger charge is -2.36. The van der Waals surface area contributed by atoms with Crippen LogP contribution in [0.3, 0.4) is 0 Å². The Bertz CT molecular complexity index is 1010. The standard InChI is InChI=1S/C29H34O3/c1-21(11-9-12-22(2)19-27(30)31)17-18-26-23(3)28(32)25(20-29(26,4)5)16-10-15-24-13-7-6-8-14-24/h6-15,17-19,25H,16,20H2,1-5H3,(H,30,31). The van der Waals surface area contributed by atoms with E-state index in [0.29, 0.717) is 5.57 Å². The van der Waals surface area contributed by atoms with Crippen molar-refractivity contribution in [2.75, 3.05) is 0 Å². The van der Waals surface area contributed by atoms with E-state index >= 15 is 0 Å². The van der Waals surface area contributed by atoms with Gasteiger partial charge in [0.1, 0.15) is 0 Å². The number of carbonyl (C=O) groups excluding carboxylic acids is 1. The van der Waals surface area contributed by atoms with Crippen molar-refractivity contribution >= 4 is 17.8 Å². The van der Waals surface area contributed by atoms with E-state index in [4.69, 9.17) is 5.11 Å². The van der Waals surface area contributed by atoms with Gasteiger partial charge in [-0.15, -0.1) is 0 Å². The van der Waals surface area contributed by atoms with Gasteiger partial charge in [-0.1, -0.05) is 92.3 Å². The first kappa shape index (κ1) is 25.1. The fraction of sp³-hybridized carbons (Fsp3) is 0.310. The molecule has 0 fully saturated rings. The summed E-state index contributed by atoms with van der Waals surface area (Å²) in [7, 11) is 0. The molecular weight excluding hydrogens is 396 g/mol. The lowest BCUT2D eigenvalue weighted by molar-refractivity contribution is -0.131. The predicted octanol–water partition coefficient (Wildman–Crippen LogP) is 7.11. The van der Waals surface area contributed by atoms with E-state index in [1.807, 2.05) is 50.3 Å². The average Bonchev–Trinajstić information content (AvgIpc) is 2.71. The van der Waals surface area contributed by atoms with Crippen molar-refractivity contribution in [1.29, 1.82) is 0 Å². The minimum absolute atomic E-state index is 0.00526. The monoisotopic (exact) mass is 430 g/mol. The molecule has 1 unspecified atom stereocenters. The van der Waals surface area contributed by atoms with E-state index in [1.165, 1.54) is 6.08 Å². The van der Waals surface area contributed by atoms with Crippen molar-refractivity contribution in [3.63, 3.8) is 0 Å². The summed E-state index contributed by atoms with van der Waals surface area (Å²) < 4.78 is 0. The van der Waals surface area contributed by atoms with Gasteiger partial charge >= 0.3 is 5.97 Å². The number of hydrogen-bond acceptors (Lipinski definition) is 2. The molecule has 3 heteroatoms. The molecule has 2 rings (SSSR count). The molecule has 0 aliphatic heterocycles. The molecule has 0 saturated carbocycles.